The summed E-state index contributed by atoms with van der Waals surface area (Å²) < 4.78 is 49.1. The van der Waals surface area contributed by atoms with Crippen LogP contribution in [0.15, 0.2) is 16.8 Å². The van der Waals surface area contributed by atoms with Gasteiger partial charge in [0, 0.05) is 38.0 Å². The van der Waals surface area contributed by atoms with Crippen molar-refractivity contribution in [3.63, 3.8) is 0 Å². The topological polar surface area (TPSA) is 109 Å². The molecule has 1 aromatic heterocycles. The van der Waals surface area contributed by atoms with Crippen LogP contribution in [0.5, 0.6) is 6.01 Å². The minimum atomic E-state index is -3.49. The van der Waals surface area contributed by atoms with Crippen molar-refractivity contribution in [2.24, 2.45) is 4.99 Å². The van der Waals surface area contributed by atoms with E-state index in [0.717, 1.165) is 12.8 Å². The number of nitrogens with one attached hydrogen (secondary N) is 2. The van der Waals surface area contributed by atoms with Gasteiger partial charge in [-0.2, -0.15) is 23.1 Å². The molecule has 1 spiro atoms. The summed E-state index contributed by atoms with van der Waals surface area (Å²) in [7, 11) is -3.49. The highest BCUT2D eigenvalue weighted by Crippen LogP contribution is 2.32. The number of aromatic nitrogens is 2. The van der Waals surface area contributed by atoms with E-state index in [0.29, 0.717) is 49.0 Å². The third-order valence-corrected chi connectivity index (χ3v) is 6.52. The molecular weight excluding hydrogens is 399 g/mol. The average molecular weight is 425 g/mol. The van der Waals surface area contributed by atoms with Gasteiger partial charge >= 0.3 is 6.01 Å². The largest absolute Gasteiger partial charge is 0.464 e. The lowest BCUT2D eigenvalue weighted by Gasteiger charge is -2.40. The van der Waals surface area contributed by atoms with E-state index in [-0.39, 0.29) is 12.4 Å². The number of halogens is 1. The summed E-state index contributed by atoms with van der Waals surface area (Å²) in [6.45, 7) is 5.42. The van der Waals surface area contributed by atoms with Crippen LogP contribution in [0.4, 0.5) is 10.2 Å². The van der Waals surface area contributed by atoms with Crippen LogP contribution in [0.25, 0.3) is 0 Å². The van der Waals surface area contributed by atoms with Crippen LogP contribution in [0.1, 0.15) is 37.9 Å². The van der Waals surface area contributed by atoms with E-state index < -0.39 is 21.9 Å². The molecule has 2 N–H and O–H groups in total. The van der Waals surface area contributed by atoms with Crippen molar-refractivity contribution in [3.05, 3.63) is 23.0 Å². The molecule has 11 heteroatoms. The Labute approximate surface area is 169 Å². The predicted octanol–water partition coefficient (Wildman–Crippen LogP) is 0.869. The molecule has 4 heterocycles. The molecule has 2 unspecified atom stereocenters. The third kappa shape index (κ3) is 4.26. The Morgan fingerprint density at radius 3 is 2.97 bits per heavy atom. The van der Waals surface area contributed by atoms with Crippen molar-refractivity contribution in [1.29, 1.82) is 0 Å². The van der Waals surface area contributed by atoms with E-state index in [2.05, 4.69) is 24.4 Å². The summed E-state index contributed by atoms with van der Waals surface area (Å²) in [6, 6.07) is 0.188. The number of allylic oxidation sites excluding steroid dienone is 2. The molecule has 2 saturated heterocycles. The van der Waals surface area contributed by atoms with Gasteiger partial charge in [0.05, 0.1) is 23.4 Å². The number of aliphatic imine (C=N–C) groups is 1. The molecule has 1 aromatic rings. The SMILES string of the molecule is CCOc1nc2c(c(N3CCCC4(CNS(=O)(=O)N4)C3)n1)/C=N\C(C)=C\C(F)C2. The van der Waals surface area contributed by atoms with Crippen LogP contribution in [-0.4, -0.2) is 62.6 Å². The normalized spacial score (nSPS) is 31.5. The van der Waals surface area contributed by atoms with E-state index in [1.165, 1.54) is 6.08 Å². The van der Waals surface area contributed by atoms with E-state index >= 15 is 0 Å². The van der Waals surface area contributed by atoms with Crippen LogP contribution in [0.2, 0.25) is 0 Å². The van der Waals surface area contributed by atoms with E-state index in [1.54, 1.807) is 13.1 Å². The van der Waals surface area contributed by atoms with Gasteiger partial charge in [-0.25, -0.2) is 9.11 Å². The summed E-state index contributed by atoms with van der Waals surface area (Å²) in [5.41, 5.74) is 1.17. The first kappa shape index (κ1) is 20.2. The Hall–Kier alpha value is -2.11. The number of ether oxygens (including phenoxy) is 1. The molecule has 0 aromatic carbocycles. The minimum absolute atomic E-state index is 0.0987. The second-order valence-corrected chi connectivity index (χ2v) is 9.14. The first-order valence-corrected chi connectivity index (χ1v) is 11.2. The molecule has 158 valence electrons. The van der Waals surface area contributed by atoms with Crippen molar-refractivity contribution in [3.8, 4) is 6.01 Å². The number of hydrogen-bond donors (Lipinski definition) is 2. The van der Waals surface area contributed by atoms with Gasteiger partial charge < -0.3 is 9.64 Å². The van der Waals surface area contributed by atoms with Gasteiger partial charge in [-0.3, -0.25) is 4.99 Å². The number of anilines is 1. The molecule has 2 fully saturated rings. The predicted molar refractivity (Wildman–Crippen MR) is 107 cm³/mol. The Kier molecular flexibility index (Phi) is 5.30. The van der Waals surface area contributed by atoms with Crippen LogP contribution >= 0.6 is 0 Å². The molecule has 0 amide bonds. The van der Waals surface area contributed by atoms with E-state index in [4.69, 9.17) is 4.74 Å². The van der Waals surface area contributed by atoms with Crippen LogP contribution < -0.4 is 19.1 Å². The smallest absolute Gasteiger partial charge is 0.318 e. The second-order valence-electron chi connectivity index (χ2n) is 7.64. The number of alkyl halides is 1. The van der Waals surface area contributed by atoms with Gasteiger partial charge in [-0.15, -0.1) is 0 Å². The first-order valence-electron chi connectivity index (χ1n) is 9.73. The highest BCUT2D eigenvalue weighted by molar-refractivity contribution is 7.87. The third-order valence-electron chi connectivity index (χ3n) is 5.29. The maximum atomic E-state index is 14.4. The van der Waals surface area contributed by atoms with Crippen molar-refractivity contribution < 1.29 is 17.5 Å². The van der Waals surface area contributed by atoms with Gasteiger partial charge in [0.1, 0.15) is 12.0 Å². The Morgan fingerprint density at radius 1 is 1.41 bits per heavy atom. The molecule has 29 heavy (non-hydrogen) atoms. The van der Waals surface area contributed by atoms with Crippen molar-refractivity contribution in [2.75, 3.05) is 31.1 Å². The van der Waals surface area contributed by atoms with Gasteiger partial charge in [-0.1, -0.05) is 0 Å². The number of hydrogen-bond acceptors (Lipinski definition) is 7. The van der Waals surface area contributed by atoms with Gasteiger partial charge in [0.15, 0.2) is 0 Å². The quantitative estimate of drug-likeness (QED) is 0.745. The molecule has 9 nitrogen and oxygen atoms in total. The molecule has 0 saturated carbocycles. The number of nitrogens with zero attached hydrogens (tertiary/aromatic N) is 4. The van der Waals surface area contributed by atoms with Crippen LogP contribution in [-0.2, 0) is 16.6 Å². The van der Waals surface area contributed by atoms with E-state index in [1.807, 2.05) is 11.8 Å². The molecule has 0 radical (unpaired) electrons. The standard InChI is InChI=1S/C18H25FN6O3S/c1-3-28-17-22-15-8-13(19)7-12(2)20-9-14(15)16(23-17)25-6-4-5-18(11-25)10-21-29(26,27)24-18/h7,9,13,21,24H,3-6,8,10-11H2,1-2H3/b12-7+,20-9-. The van der Waals surface area contributed by atoms with Gasteiger partial charge in [0.2, 0.25) is 0 Å². The first-order chi connectivity index (χ1) is 13.8. The second kappa shape index (κ2) is 7.62. The molecule has 2 atom stereocenters. The van der Waals surface area contributed by atoms with Gasteiger partial charge in [-0.05, 0) is 32.8 Å². The fourth-order valence-electron chi connectivity index (χ4n) is 4.05. The Bertz CT molecular complexity index is 967. The molecular formula is C18H25FN6O3S. The Morgan fingerprint density at radius 2 is 2.24 bits per heavy atom. The fourth-order valence-corrected chi connectivity index (χ4v) is 5.40. The van der Waals surface area contributed by atoms with Crippen LogP contribution in [0, 0.1) is 0 Å². The summed E-state index contributed by atoms with van der Waals surface area (Å²) in [6.07, 6.45) is 3.54. The Balaban J connectivity index is 1.75. The lowest BCUT2D eigenvalue weighted by Crippen LogP contribution is -2.56. The highest BCUT2D eigenvalue weighted by atomic mass is 32.2. The lowest BCUT2D eigenvalue weighted by atomic mass is 9.90. The average Bonchev–Trinajstić information content (AvgIpc) is 2.93. The number of piperidine rings is 1. The summed E-state index contributed by atoms with van der Waals surface area (Å²) in [5, 5.41) is 0. The molecule has 0 bridgehead atoms. The van der Waals surface area contributed by atoms with Crippen LogP contribution in [0.3, 0.4) is 0 Å². The maximum Gasteiger partial charge on any atom is 0.318 e. The molecule has 4 rings (SSSR count). The monoisotopic (exact) mass is 424 g/mol. The number of fused-ring (bicyclic) bond motifs is 1. The minimum Gasteiger partial charge on any atom is -0.464 e. The zero-order valence-corrected chi connectivity index (χ0v) is 17.3. The van der Waals surface area contributed by atoms with Crippen molar-refractivity contribution >= 4 is 22.2 Å². The summed E-state index contributed by atoms with van der Waals surface area (Å²) in [4.78, 5) is 15.3. The highest BCUT2D eigenvalue weighted by Gasteiger charge is 2.45. The number of rotatable bonds is 3. The zero-order valence-electron chi connectivity index (χ0n) is 16.5. The van der Waals surface area contributed by atoms with Crippen molar-refractivity contribution in [1.82, 2.24) is 19.4 Å². The fraction of sp³-hybridized carbons (Fsp3) is 0.611. The molecule has 3 aliphatic heterocycles. The molecule has 3 aliphatic rings. The van der Waals surface area contributed by atoms with E-state index in [9.17, 15) is 12.8 Å². The summed E-state index contributed by atoms with van der Waals surface area (Å²) >= 11 is 0. The maximum absolute atomic E-state index is 14.4. The molecule has 0 aliphatic carbocycles. The zero-order chi connectivity index (χ0) is 20.6. The van der Waals surface area contributed by atoms with Gasteiger partial charge in [0.25, 0.3) is 10.2 Å². The lowest BCUT2D eigenvalue weighted by molar-refractivity contribution is 0.306. The summed E-state index contributed by atoms with van der Waals surface area (Å²) in [5.74, 6) is 0.592. The van der Waals surface area contributed by atoms with Crippen molar-refractivity contribution in [2.45, 2.75) is 44.8 Å².